The molecule has 4 fully saturated rings. The molecule has 8 rings (SSSR count). The van der Waals surface area contributed by atoms with Crippen molar-refractivity contribution in [3.8, 4) is 23.0 Å². The number of aromatic hydroxyl groups is 1. The van der Waals surface area contributed by atoms with Crippen LogP contribution in [-0.4, -0.2) is 82.7 Å². The van der Waals surface area contributed by atoms with Gasteiger partial charge in [-0.15, -0.1) is 0 Å². The largest absolute Gasteiger partial charge is 0.508 e. The number of halogens is 3. The van der Waals surface area contributed by atoms with E-state index in [-0.39, 0.29) is 35.1 Å². The predicted octanol–water partition coefficient (Wildman–Crippen LogP) is 5.43. The number of anilines is 1. The Hall–Kier alpha value is -3.70. The van der Waals surface area contributed by atoms with Crippen LogP contribution in [0.2, 0.25) is 0 Å². The molecule has 0 aliphatic carbocycles. The van der Waals surface area contributed by atoms with Crippen LogP contribution in [0, 0.1) is 23.5 Å². The molecule has 0 spiro atoms. The third-order valence-electron chi connectivity index (χ3n) is 10.2. The molecule has 6 heterocycles. The van der Waals surface area contributed by atoms with E-state index in [9.17, 15) is 13.9 Å². The molecule has 4 aliphatic rings. The number of fused-ring (bicyclic) bond motifs is 4. The van der Waals surface area contributed by atoms with Gasteiger partial charge < -0.3 is 19.5 Å². The van der Waals surface area contributed by atoms with Gasteiger partial charge in [0.1, 0.15) is 41.4 Å². The second-order valence-electron chi connectivity index (χ2n) is 12.8. The Morgan fingerprint density at radius 1 is 1.11 bits per heavy atom. The van der Waals surface area contributed by atoms with Crippen molar-refractivity contribution in [1.29, 1.82) is 0 Å². The van der Waals surface area contributed by atoms with E-state index >= 15 is 4.39 Å². The fourth-order valence-electron chi connectivity index (χ4n) is 8.06. The first-order valence-electron chi connectivity index (χ1n) is 15.5. The molecule has 2 aromatic heterocycles. The number of alkyl halides is 1. The number of hydrogen-bond donors (Lipinski definition) is 1. The Balaban J connectivity index is 1.26. The quantitative estimate of drug-likeness (QED) is 0.312. The number of pyridine rings is 1. The summed E-state index contributed by atoms with van der Waals surface area (Å²) < 4.78 is 58.0. The minimum atomic E-state index is -0.903. The molecule has 4 aliphatic heterocycles. The average Bonchev–Trinajstić information content (AvgIpc) is 3.77. The molecule has 11 heteroatoms. The monoisotopic (exact) mass is 605 g/mol. The molecule has 4 aromatic rings. The standard InChI is InChI=1S/C33H34F3N5O3/c1-2-23-26(35)5-4-18-8-22(42)9-24(27(18)23)29-28(36)30-25(11-37-29)31(40-12-19-15-43-16-20(19)13-40)39-32(38-30)44-17-33-6-3-7-41(33)14-21(34)10-33/h4-5,8-9,11,19-21,42H,2-3,6-7,10,12-17H2,1H3/t19-,20+,21-,33+/m1/s1. The summed E-state index contributed by atoms with van der Waals surface area (Å²) in [4.78, 5) is 18.2. The van der Waals surface area contributed by atoms with E-state index in [4.69, 9.17) is 14.5 Å². The van der Waals surface area contributed by atoms with Gasteiger partial charge in [0.15, 0.2) is 5.82 Å². The number of hydrogen-bond acceptors (Lipinski definition) is 8. The van der Waals surface area contributed by atoms with Crippen molar-refractivity contribution in [2.45, 2.75) is 44.3 Å². The van der Waals surface area contributed by atoms with Gasteiger partial charge in [-0.2, -0.15) is 9.97 Å². The maximum atomic E-state index is 16.8. The maximum Gasteiger partial charge on any atom is 0.319 e. The molecule has 8 nitrogen and oxygen atoms in total. The van der Waals surface area contributed by atoms with Gasteiger partial charge in [-0.25, -0.2) is 13.2 Å². The van der Waals surface area contributed by atoms with Gasteiger partial charge in [0.25, 0.3) is 0 Å². The molecule has 44 heavy (non-hydrogen) atoms. The zero-order valence-electron chi connectivity index (χ0n) is 24.5. The van der Waals surface area contributed by atoms with E-state index < -0.39 is 23.3 Å². The SMILES string of the molecule is CCc1c(F)ccc2cc(O)cc(-c3ncc4c(N5C[C@H]6COC[C@H]6C5)nc(OC[C@@]56CCCN5C[C@H](F)C6)nc4c3F)c12. The summed E-state index contributed by atoms with van der Waals surface area (Å²) in [5.41, 5.74) is 0.275. The molecule has 0 amide bonds. The van der Waals surface area contributed by atoms with Gasteiger partial charge in [-0.05, 0) is 60.3 Å². The Morgan fingerprint density at radius 2 is 1.93 bits per heavy atom. The van der Waals surface area contributed by atoms with Gasteiger partial charge in [0.05, 0.1) is 24.1 Å². The topological polar surface area (TPSA) is 83.8 Å². The number of aromatic nitrogens is 3. The van der Waals surface area contributed by atoms with Crippen molar-refractivity contribution in [3.05, 3.63) is 47.7 Å². The Labute approximate surface area is 252 Å². The summed E-state index contributed by atoms with van der Waals surface area (Å²) in [6.07, 6.45) is 3.22. The number of ether oxygens (including phenoxy) is 2. The molecule has 1 N–H and O–H groups in total. The number of phenols is 1. The maximum absolute atomic E-state index is 16.8. The summed E-state index contributed by atoms with van der Waals surface area (Å²) in [7, 11) is 0. The molecule has 4 saturated heterocycles. The highest BCUT2D eigenvalue weighted by atomic mass is 19.1. The summed E-state index contributed by atoms with van der Waals surface area (Å²) in [6.45, 7) is 6.03. The molecule has 0 radical (unpaired) electrons. The Bertz CT molecular complexity index is 1780. The smallest absolute Gasteiger partial charge is 0.319 e. The minimum absolute atomic E-state index is 0.0291. The van der Waals surface area contributed by atoms with Crippen LogP contribution in [0.5, 0.6) is 11.8 Å². The number of benzene rings is 2. The van der Waals surface area contributed by atoms with Crippen molar-refractivity contribution in [2.75, 3.05) is 50.9 Å². The van der Waals surface area contributed by atoms with Crippen LogP contribution in [0.3, 0.4) is 0 Å². The third kappa shape index (κ3) is 4.38. The number of nitrogens with zero attached hydrogens (tertiary/aromatic N) is 5. The van der Waals surface area contributed by atoms with E-state index in [2.05, 4.69) is 19.8 Å². The number of phenolic OH excluding ortho intramolecular Hbond substituents is 1. The van der Waals surface area contributed by atoms with Crippen LogP contribution in [0.1, 0.15) is 31.7 Å². The van der Waals surface area contributed by atoms with Crippen molar-refractivity contribution in [1.82, 2.24) is 19.9 Å². The van der Waals surface area contributed by atoms with Gasteiger partial charge in [0, 0.05) is 49.7 Å². The van der Waals surface area contributed by atoms with Gasteiger partial charge >= 0.3 is 6.01 Å². The molecule has 2 aromatic carbocycles. The predicted molar refractivity (Wildman–Crippen MR) is 160 cm³/mol. The van der Waals surface area contributed by atoms with Crippen molar-refractivity contribution in [3.63, 3.8) is 0 Å². The van der Waals surface area contributed by atoms with E-state index in [1.165, 1.54) is 18.2 Å². The first kappa shape index (κ1) is 27.8. The van der Waals surface area contributed by atoms with E-state index in [0.29, 0.717) is 85.1 Å². The third-order valence-corrected chi connectivity index (χ3v) is 10.2. The highest BCUT2D eigenvalue weighted by molar-refractivity contribution is 6.01. The first-order chi connectivity index (χ1) is 21.3. The van der Waals surface area contributed by atoms with Crippen molar-refractivity contribution >= 4 is 27.5 Å². The zero-order chi connectivity index (χ0) is 30.2. The fraction of sp³-hybridized carbons (Fsp3) is 0.485. The zero-order valence-corrected chi connectivity index (χ0v) is 24.5. The molecular formula is C33H34F3N5O3. The van der Waals surface area contributed by atoms with Crippen LogP contribution < -0.4 is 9.64 Å². The highest BCUT2D eigenvalue weighted by Gasteiger charge is 2.49. The van der Waals surface area contributed by atoms with Crippen LogP contribution in [0.25, 0.3) is 32.9 Å². The second-order valence-corrected chi connectivity index (χ2v) is 12.8. The average molecular weight is 606 g/mol. The minimum Gasteiger partial charge on any atom is -0.508 e. The summed E-state index contributed by atoms with van der Waals surface area (Å²) in [5.74, 6) is 0.0570. The lowest BCUT2D eigenvalue weighted by molar-refractivity contribution is 0.107. The van der Waals surface area contributed by atoms with Crippen molar-refractivity contribution in [2.24, 2.45) is 11.8 Å². The molecular weight excluding hydrogens is 571 g/mol. The van der Waals surface area contributed by atoms with Gasteiger partial charge in [-0.3, -0.25) is 9.88 Å². The normalized spacial score (nSPS) is 26.6. The number of aryl methyl sites for hydroxylation is 1. The fourth-order valence-corrected chi connectivity index (χ4v) is 8.06. The van der Waals surface area contributed by atoms with Crippen molar-refractivity contribution < 1.29 is 27.8 Å². The molecule has 0 unspecified atom stereocenters. The summed E-state index contributed by atoms with van der Waals surface area (Å²) in [6, 6.07) is 5.91. The Kier molecular flexibility index (Phi) is 6.60. The van der Waals surface area contributed by atoms with Crippen LogP contribution >= 0.6 is 0 Å². The van der Waals surface area contributed by atoms with Gasteiger partial charge in [0.2, 0.25) is 0 Å². The molecule has 0 saturated carbocycles. The van der Waals surface area contributed by atoms with E-state index in [1.807, 2.05) is 6.92 Å². The highest BCUT2D eigenvalue weighted by Crippen LogP contribution is 2.42. The molecule has 0 bridgehead atoms. The van der Waals surface area contributed by atoms with Crippen LogP contribution in [-0.2, 0) is 11.2 Å². The van der Waals surface area contributed by atoms with E-state index in [1.54, 1.807) is 12.3 Å². The molecule has 4 atom stereocenters. The molecule has 230 valence electrons. The first-order valence-corrected chi connectivity index (χ1v) is 15.5. The van der Waals surface area contributed by atoms with Crippen LogP contribution in [0.15, 0.2) is 30.5 Å². The summed E-state index contributed by atoms with van der Waals surface area (Å²) >= 11 is 0. The van der Waals surface area contributed by atoms with Crippen LogP contribution in [0.4, 0.5) is 19.0 Å². The Morgan fingerprint density at radius 3 is 2.73 bits per heavy atom. The summed E-state index contributed by atoms with van der Waals surface area (Å²) in [5, 5.41) is 12.1. The second kappa shape index (κ2) is 10.4. The lowest BCUT2D eigenvalue weighted by Crippen LogP contribution is -2.43. The van der Waals surface area contributed by atoms with Gasteiger partial charge in [-0.1, -0.05) is 13.0 Å². The lowest BCUT2D eigenvalue weighted by Gasteiger charge is -2.31. The van der Waals surface area contributed by atoms with E-state index in [0.717, 1.165) is 19.4 Å². The lowest BCUT2D eigenvalue weighted by atomic mass is 9.94. The number of rotatable bonds is 6.